The van der Waals surface area contributed by atoms with E-state index < -0.39 is 11.4 Å². The van der Waals surface area contributed by atoms with Crippen molar-refractivity contribution in [2.45, 2.75) is 39.5 Å². The lowest BCUT2D eigenvalue weighted by Crippen LogP contribution is -2.31. The van der Waals surface area contributed by atoms with Gasteiger partial charge in [0.2, 0.25) is 0 Å². The van der Waals surface area contributed by atoms with Crippen molar-refractivity contribution in [2.24, 2.45) is 5.41 Å². The topological polar surface area (TPSA) is 66.4 Å². The van der Waals surface area contributed by atoms with Gasteiger partial charge < -0.3 is 10.4 Å². The molecule has 1 aliphatic carbocycles. The summed E-state index contributed by atoms with van der Waals surface area (Å²) in [5.41, 5.74) is 0.505. The quantitative estimate of drug-likeness (QED) is 0.871. The van der Waals surface area contributed by atoms with E-state index in [1.54, 1.807) is 25.2 Å². The first-order valence-electron chi connectivity index (χ1n) is 6.53. The number of hydrogen-bond donors (Lipinski definition) is 2. The number of aryl methyl sites for hydroxylation is 2. The Balaban J connectivity index is 1.86. The summed E-state index contributed by atoms with van der Waals surface area (Å²) in [6, 6.07) is 1.98. The SMILES string of the molecule is CC(C)(CCNC(=O)c1cc2c(s1)CCC2)C(=O)O. The van der Waals surface area contributed by atoms with Gasteiger partial charge in [-0.3, -0.25) is 9.59 Å². The average molecular weight is 281 g/mol. The maximum Gasteiger partial charge on any atom is 0.309 e. The second-order valence-corrected chi connectivity index (χ2v) is 6.74. The number of carbonyl (C=O) groups is 2. The molecule has 0 saturated heterocycles. The lowest BCUT2D eigenvalue weighted by atomic mass is 9.90. The monoisotopic (exact) mass is 281 g/mol. The molecule has 1 aromatic rings. The Morgan fingerprint density at radius 2 is 2.16 bits per heavy atom. The fraction of sp³-hybridized carbons (Fsp3) is 0.571. The second-order valence-electron chi connectivity index (χ2n) is 5.61. The summed E-state index contributed by atoms with van der Waals surface area (Å²) in [5, 5.41) is 11.8. The minimum absolute atomic E-state index is 0.0828. The molecule has 5 heteroatoms. The van der Waals surface area contributed by atoms with Gasteiger partial charge in [-0.25, -0.2) is 0 Å². The Labute approximate surface area is 116 Å². The van der Waals surface area contributed by atoms with Crippen molar-refractivity contribution < 1.29 is 14.7 Å². The molecule has 1 aromatic heterocycles. The number of thiophene rings is 1. The molecule has 2 rings (SSSR count). The van der Waals surface area contributed by atoms with Crippen molar-refractivity contribution in [3.05, 3.63) is 21.4 Å². The van der Waals surface area contributed by atoms with Crippen LogP contribution in [0.5, 0.6) is 0 Å². The van der Waals surface area contributed by atoms with Crippen LogP contribution in [0.25, 0.3) is 0 Å². The fourth-order valence-electron chi connectivity index (χ4n) is 2.12. The molecular formula is C14H19NO3S. The van der Waals surface area contributed by atoms with Crippen LogP contribution in [0.3, 0.4) is 0 Å². The molecule has 19 heavy (non-hydrogen) atoms. The third-order valence-corrected chi connectivity index (χ3v) is 4.82. The molecule has 2 N–H and O–H groups in total. The largest absolute Gasteiger partial charge is 0.481 e. The van der Waals surface area contributed by atoms with Crippen LogP contribution in [0.15, 0.2) is 6.07 Å². The molecule has 0 aliphatic heterocycles. The Morgan fingerprint density at radius 3 is 2.79 bits per heavy atom. The van der Waals surface area contributed by atoms with Crippen molar-refractivity contribution >= 4 is 23.2 Å². The van der Waals surface area contributed by atoms with E-state index in [2.05, 4.69) is 5.32 Å². The van der Waals surface area contributed by atoms with Crippen LogP contribution in [0.2, 0.25) is 0 Å². The lowest BCUT2D eigenvalue weighted by molar-refractivity contribution is -0.147. The molecule has 0 saturated carbocycles. The van der Waals surface area contributed by atoms with Crippen molar-refractivity contribution in [3.63, 3.8) is 0 Å². The molecule has 0 radical (unpaired) electrons. The zero-order chi connectivity index (χ0) is 14.0. The Kier molecular flexibility index (Phi) is 3.94. The summed E-state index contributed by atoms with van der Waals surface area (Å²) in [5.74, 6) is -0.919. The van der Waals surface area contributed by atoms with Gasteiger partial charge in [-0.15, -0.1) is 11.3 Å². The second kappa shape index (κ2) is 5.33. The highest BCUT2D eigenvalue weighted by Gasteiger charge is 2.27. The van der Waals surface area contributed by atoms with Gasteiger partial charge in [-0.1, -0.05) is 0 Å². The smallest absolute Gasteiger partial charge is 0.309 e. The van der Waals surface area contributed by atoms with E-state index in [1.165, 1.54) is 16.9 Å². The zero-order valence-corrected chi connectivity index (χ0v) is 12.1. The summed E-state index contributed by atoms with van der Waals surface area (Å²) >= 11 is 1.57. The number of carboxylic acid groups (broad SMARTS) is 1. The Morgan fingerprint density at radius 1 is 1.42 bits per heavy atom. The number of hydrogen-bond acceptors (Lipinski definition) is 3. The minimum atomic E-state index is -0.836. The van der Waals surface area contributed by atoms with Gasteiger partial charge in [0.25, 0.3) is 5.91 Å². The summed E-state index contributed by atoms with van der Waals surface area (Å²) in [6.07, 6.45) is 3.78. The van der Waals surface area contributed by atoms with Gasteiger partial charge in [0.05, 0.1) is 10.3 Å². The van der Waals surface area contributed by atoms with E-state index in [4.69, 9.17) is 5.11 Å². The number of carboxylic acids is 1. The first kappa shape index (κ1) is 14.1. The minimum Gasteiger partial charge on any atom is -0.481 e. The number of nitrogens with one attached hydrogen (secondary N) is 1. The van der Waals surface area contributed by atoms with Gasteiger partial charge in [-0.05, 0) is 51.2 Å². The molecule has 0 fully saturated rings. The van der Waals surface area contributed by atoms with Gasteiger partial charge in [0.1, 0.15) is 0 Å². The molecule has 1 aliphatic rings. The first-order valence-corrected chi connectivity index (χ1v) is 7.35. The van der Waals surface area contributed by atoms with E-state index >= 15 is 0 Å². The normalized spacial score (nSPS) is 14.2. The molecule has 0 unspecified atom stereocenters. The maximum atomic E-state index is 12.0. The highest BCUT2D eigenvalue weighted by atomic mass is 32.1. The number of carbonyl (C=O) groups excluding carboxylic acids is 1. The van der Waals surface area contributed by atoms with Gasteiger partial charge in [0.15, 0.2) is 0 Å². The van der Waals surface area contributed by atoms with Crippen molar-refractivity contribution in [3.8, 4) is 0 Å². The summed E-state index contributed by atoms with van der Waals surface area (Å²) in [4.78, 5) is 25.0. The van der Waals surface area contributed by atoms with Crippen LogP contribution in [-0.2, 0) is 17.6 Å². The Hall–Kier alpha value is -1.36. The lowest BCUT2D eigenvalue weighted by Gasteiger charge is -2.18. The van der Waals surface area contributed by atoms with E-state index in [1.807, 2.05) is 6.07 Å². The molecule has 1 amide bonds. The highest BCUT2D eigenvalue weighted by molar-refractivity contribution is 7.14. The third kappa shape index (κ3) is 3.15. The molecular weight excluding hydrogens is 262 g/mol. The molecule has 0 aromatic carbocycles. The predicted molar refractivity (Wildman–Crippen MR) is 74.7 cm³/mol. The zero-order valence-electron chi connectivity index (χ0n) is 11.3. The summed E-state index contributed by atoms with van der Waals surface area (Å²) in [6.45, 7) is 3.73. The van der Waals surface area contributed by atoms with Crippen LogP contribution in [0.4, 0.5) is 0 Å². The molecule has 4 nitrogen and oxygen atoms in total. The van der Waals surface area contributed by atoms with Gasteiger partial charge in [-0.2, -0.15) is 0 Å². The van der Waals surface area contributed by atoms with E-state index in [0.29, 0.717) is 13.0 Å². The molecule has 0 spiro atoms. The van der Waals surface area contributed by atoms with Gasteiger partial charge in [0, 0.05) is 11.4 Å². The summed E-state index contributed by atoms with van der Waals surface area (Å²) < 4.78 is 0. The van der Waals surface area contributed by atoms with Crippen LogP contribution in [0.1, 0.15) is 46.8 Å². The predicted octanol–water partition coefficient (Wildman–Crippen LogP) is 2.47. The van der Waals surface area contributed by atoms with Crippen molar-refractivity contribution in [1.82, 2.24) is 5.32 Å². The first-order chi connectivity index (χ1) is 8.90. The van der Waals surface area contributed by atoms with E-state index in [-0.39, 0.29) is 5.91 Å². The average Bonchev–Trinajstić information content (AvgIpc) is 2.87. The number of fused-ring (bicyclic) bond motifs is 1. The molecule has 1 heterocycles. The van der Waals surface area contributed by atoms with Crippen LogP contribution >= 0.6 is 11.3 Å². The van der Waals surface area contributed by atoms with Gasteiger partial charge >= 0.3 is 5.97 Å². The molecule has 104 valence electrons. The number of amides is 1. The van der Waals surface area contributed by atoms with E-state index in [9.17, 15) is 9.59 Å². The van der Waals surface area contributed by atoms with Crippen molar-refractivity contribution in [2.75, 3.05) is 6.54 Å². The highest BCUT2D eigenvalue weighted by Crippen LogP contribution is 2.30. The Bertz CT molecular complexity index is 483. The molecule has 0 atom stereocenters. The fourth-order valence-corrected chi connectivity index (χ4v) is 3.29. The standard InChI is InChI=1S/C14H19NO3S/c1-14(2,13(17)18)6-7-15-12(16)11-8-9-4-3-5-10(9)19-11/h8H,3-7H2,1-2H3,(H,15,16)(H,17,18). The van der Waals surface area contributed by atoms with Crippen molar-refractivity contribution in [1.29, 1.82) is 0 Å². The number of aliphatic carboxylic acids is 1. The summed E-state index contributed by atoms with van der Waals surface area (Å²) in [7, 11) is 0. The van der Waals surface area contributed by atoms with E-state index in [0.717, 1.165) is 17.7 Å². The third-order valence-electron chi connectivity index (χ3n) is 3.58. The maximum absolute atomic E-state index is 12.0. The van der Waals surface area contributed by atoms with Crippen LogP contribution in [0, 0.1) is 5.41 Å². The van der Waals surface area contributed by atoms with Crippen LogP contribution in [-0.4, -0.2) is 23.5 Å². The molecule has 0 bridgehead atoms. The van der Waals surface area contributed by atoms with Crippen LogP contribution < -0.4 is 5.32 Å². The number of rotatable bonds is 5.